The Bertz CT molecular complexity index is 1290. The van der Waals surface area contributed by atoms with Gasteiger partial charge in [-0.1, -0.05) is 11.8 Å². The second kappa shape index (κ2) is 8.07. The molecule has 162 valence electrons. The molecule has 0 radical (unpaired) electrons. The molecule has 10 heteroatoms. The van der Waals surface area contributed by atoms with Crippen molar-refractivity contribution in [2.75, 3.05) is 11.1 Å². The zero-order valence-electron chi connectivity index (χ0n) is 17.1. The number of aromatic nitrogens is 2. The van der Waals surface area contributed by atoms with Crippen molar-refractivity contribution in [2.24, 2.45) is 12.8 Å². The molecule has 7 nitrogen and oxygen atoms in total. The van der Waals surface area contributed by atoms with Crippen molar-refractivity contribution in [3.05, 3.63) is 36.8 Å². The summed E-state index contributed by atoms with van der Waals surface area (Å²) in [5.41, 5.74) is 8.17. The van der Waals surface area contributed by atoms with E-state index in [0.29, 0.717) is 15.7 Å². The summed E-state index contributed by atoms with van der Waals surface area (Å²) >= 11 is 4.27. The molecule has 3 heterocycles. The minimum Gasteiger partial charge on any atom is -0.365 e. The second-order valence-corrected chi connectivity index (χ2v) is 11.0. The molecule has 0 fully saturated rings. The summed E-state index contributed by atoms with van der Waals surface area (Å²) in [5, 5.41) is 4.67. The number of amides is 2. The van der Waals surface area contributed by atoms with Gasteiger partial charge in [0.1, 0.15) is 9.83 Å². The third-order valence-electron chi connectivity index (χ3n) is 5.91. The topological polar surface area (TPSA) is 107 Å². The molecule has 0 bridgehead atoms. The van der Waals surface area contributed by atoms with E-state index in [-0.39, 0.29) is 17.2 Å². The van der Waals surface area contributed by atoms with Gasteiger partial charge in [0.15, 0.2) is 5.16 Å². The lowest BCUT2D eigenvalue weighted by atomic mass is 9.95. The Hall–Kier alpha value is -2.17. The predicted molar refractivity (Wildman–Crippen MR) is 126 cm³/mol. The lowest BCUT2D eigenvalue weighted by molar-refractivity contribution is -0.113. The number of anilines is 1. The van der Waals surface area contributed by atoms with Gasteiger partial charge in [-0.25, -0.2) is 4.98 Å². The van der Waals surface area contributed by atoms with Gasteiger partial charge in [-0.05, 0) is 56.1 Å². The van der Waals surface area contributed by atoms with E-state index in [1.165, 1.54) is 32.5 Å². The van der Waals surface area contributed by atoms with Crippen LogP contribution in [0.1, 0.15) is 50.5 Å². The Morgan fingerprint density at radius 2 is 1.81 bits per heavy atom. The summed E-state index contributed by atoms with van der Waals surface area (Å²) in [7, 11) is 1.70. The van der Waals surface area contributed by atoms with Crippen LogP contribution in [0.15, 0.2) is 9.95 Å². The number of thioether (sulfide) groups is 1. The number of thiophene rings is 2. The molecule has 0 saturated heterocycles. The summed E-state index contributed by atoms with van der Waals surface area (Å²) in [5.74, 6) is -0.644. The third kappa shape index (κ3) is 3.60. The van der Waals surface area contributed by atoms with Crippen molar-refractivity contribution in [3.63, 3.8) is 0 Å². The SMILES string of the molecule is Cn1c(SCC(=O)Nc2sc3c(c2C(N)=O)CCCC3)nc2sc3c(c2c1=O)CCC3. The van der Waals surface area contributed by atoms with Crippen LogP contribution in [-0.2, 0) is 37.5 Å². The van der Waals surface area contributed by atoms with Crippen LogP contribution in [0, 0.1) is 0 Å². The molecule has 0 atom stereocenters. The second-order valence-electron chi connectivity index (χ2n) is 7.91. The molecule has 2 amide bonds. The van der Waals surface area contributed by atoms with Crippen LogP contribution in [0.3, 0.4) is 0 Å². The van der Waals surface area contributed by atoms with Crippen LogP contribution in [0.2, 0.25) is 0 Å². The highest BCUT2D eigenvalue weighted by Crippen LogP contribution is 2.38. The average molecular weight is 475 g/mol. The first-order chi connectivity index (χ1) is 14.9. The number of carbonyl (C=O) groups excluding carboxylic acids is 2. The van der Waals surface area contributed by atoms with Crippen LogP contribution in [-0.4, -0.2) is 27.1 Å². The molecule has 0 spiro atoms. The van der Waals surface area contributed by atoms with E-state index in [9.17, 15) is 14.4 Å². The highest BCUT2D eigenvalue weighted by molar-refractivity contribution is 7.99. The number of rotatable bonds is 5. The number of hydrogen-bond donors (Lipinski definition) is 2. The van der Waals surface area contributed by atoms with Gasteiger partial charge in [-0.3, -0.25) is 19.0 Å². The van der Waals surface area contributed by atoms with E-state index in [0.717, 1.165) is 71.2 Å². The van der Waals surface area contributed by atoms with Crippen LogP contribution in [0.4, 0.5) is 5.00 Å². The Kier molecular flexibility index (Phi) is 5.39. The molecule has 2 aliphatic carbocycles. The zero-order valence-corrected chi connectivity index (χ0v) is 19.5. The van der Waals surface area contributed by atoms with E-state index in [4.69, 9.17) is 5.73 Å². The van der Waals surface area contributed by atoms with E-state index in [1.807, 2.05) is 0 Å². The Morgan fingerprint density at radius 1 is 1.10 bits per heavy atom. The summed E-state index contributed by atoms with van der Waals surface area (Å²) in [6, 6.07) is 0. The molecule has 3 aromatic rings. The van der Waals surface area contributed by atoms with E-state index in [1.54, 1.807) is 18.4 Å². The summed E-state index contributed by atoms with van der Waals surface area (Å²) in [4.78, 5) is 45.4. The molecule has 0 unspecified atom stereocenters. The number of aryl methyl sites for hydroxylation is 3. The highest BCUT2D eigenvalue weighted by Gasteiger charge is 2.26. The van der Waals surface area contributed by atoms with Crippen LogP contribution >= 0.6 is 34.4 Å². The molecule has 3 aromatic heterocycles. The maximum absolute atomic E-state index is 12.9. The molecule has 31 heavy (non-hydrogen) atoms. The van der Waals surface area contributed by atoms with Crippen LogP contribution in [0.25, 0.3) is 10.2 Å². The number of hydrogen-bond acceptors (Lipinski definition) is 7. The number of carbonyl (C=O) groups is 2. The Balaban J connectivity index is 1.35. The first-order valence-corrected chi connectivity index (χ1v) is 12.9. The quantitative estimate of drug-likeness (QED) is 0.436. The van der Waals surface area contributed by atoms with E-state index in [2.05, 4.69) is 10.3 Å². The van der Waals surface area contributed by atoms with E-state index < -0.39 is 5.91 Å². The number of primary amides is 1. The third-order valence-corrected chi connectivity index (χ3v) is 9.33. The van der Waals surface area contributed by atoms with Gasteiger partial charge < -0.3 is 11.1 Å². The molecule has 0 aliphatic heterocycles. The first-order valence-electron chi connectivity index (χ1n) is 10.3. The van der Waals surface area contributed by atoms with Gasteiger partial charge in [0.25, 0.3) is 11.5 Å². The smallest absolute Gasteiger partial charge is 0.262 e. The molecule has 5 rings (SSSR count). The van der Waals surface area contributed by atoms with Crippen LogP contribution in [0.5, 0.6) is 0 Å². The van der Waals surface area contributed by atoms with Crippen molar-refractivity contribution >= 4 is 61.5 Å². The summed E-state index contributed by atoms with van der Waals surface area (Å²) < 4.78 is 1.53. The fraction of sp³-hybridized carbons (Fsp3) is 0.429. The zero-order chi connectivity index (χ0) is 21.7. The molecule has 2 aliphatic rings. The minimum atomic E-state index is -0.498. The summed E-state index contributed by atoms with van der Waals surface area (Å²) in [6.45, 7) is 0. The Morgan fingerprint density at radius 3 is 2.61 bits per heavy atom. The first kappa shape index (κ1) is 20.7. The van der Waals surface area contributed by atoms with Gasteiger partial charge in [-0.15, -0.1) is 22.7 Å². The van der Waals surface area contributed by atoms with Gasteiger partial charge >= 0.3 is 0 Å². The van der Waals surface area contributed by atoms with E-state index >= 15 is 0 Å². The van der Waals surface area contributed by atoms with Gasteiger partial charge in [0.2, 0.25) is 5.91 Å². The van der Waals surface area contributed by atoms with Gasteiger partial charge in [0.05, 0.1) is 16.7 Å². The lowest BCUT2D eigenvalue weighted by Gasteiger charge is -2.11. The normalized spacial score (nSPS) is 15.1. The minimum absolute atomic E-state index is 0.0470. The largest absolute Gasteiger partial charge is 0.365 e. The van der Waals surface area contributed by atoms with Gasteiger partial charge in [-0.2, -0.15) is 0 Å². The fourth-order valence-corrected chi connectivity index (χ4v) is 7.83. The number of nitrogens with zero attached hydrogens (tertiary/aromatic N) is 2. The van der Waals surface area contributed by atoms with Crippen LogP contribution < -0.4 is 16.6 Å². The molecular weight excluding hydrogens is 452 g/mol. The van der Waals surface area contributed by atoms with Crippen molar-refractivity contribution in [2.45, 2.75) is 50.1 Å². The van der Waals surface area contributed by atoms with Crippen molar-refractivity contribution < 1.29 is 9.59 Å². The molecule has 0 aromatic carbocycles. The molecular formula is C21H22N4O3S3. The summed E-state index contributed by atoms with van der Waals surface area (Å²) in [6.07, 6.45) is 6.90. The standard InChI is InChI=1S/C21H22N4O3S3/c1-25-20(28)16-11-6-4-8-13(11)31-19(16)24-21(25)29-9-14(26)23-18-15(17(22)27)10-5-2-3-7-12(10)30-18/h2-9H2,1H3,(H2,22,27)(H,23,26). The number of nitrogens with two attached hydrogens (primary N) is 1. The highest BCUT2D eigenvalue weighted by atomic mass is 32.2. The predicted octanol–water partition coefficient (Wildman–Crippen LogP) is 3.25. The number of nitrogens with one attached hydrogen (secondary N) is 1. The van der Waals surface area contributed by atoms with Crippen molar-refractivity contribution in [3.8, 4) is 0 Å². The monoisotopic (exact) mass is 474 g/mol. The van der Waals surface area contributed by atoms with Crippen molar-refractivity contribution in [1.82, 2.24) is 9.55 Å². The molecule has 3 N–H and O–H groups in total. The van der Waals surface area contributed by atoms with Gasteiger partial charge in [0, 0.05) is 16.8 Å². The fourth-order valence-electron chi connectivity index (χ4n) is 4.44. The van der Waals surface area contributed by atoms with Crippen molar-refractivity contribution in [1.29, 1.82) is 0 Å². The maximum Gasteiger partial charge on any atom is 0.262 e. The molecule has 0 saturated carbocycles. The lowest BCUT2D eigenvalue weighted by Crippen LogP contribution is -2.22. The average Bonchev–Trinajstić information content (AvgIpc) is 3.41. The Labute approximate surface area is 191 Å². The number of fused-ring (bicyclic) bond motifs is 4. The maximum atomic E-state index is 12.9.